The zero-order chi connectivity index (χ0) is 35.4. The number of anilines is 2. The van der Waals surface area contributed by atoms with E-state index >= 15 is 0 Å². The van der Waals surface area contributed by atoms with Crippen LogP contribution in [0, 0.1) is 12.3 Å². The van der Waals surface area contributed by atoms with Crippen LogP contribution in [-0.4, -0.2) is 59.9 Å². The molecule has 272 valence electrons. The SMILES string of the molecule is CCCCCCCCCCCCOC(=O)Nc1cc(NC(=O)C(C(=O)C2(C)CCCCC2)N2C(=O)NC3(CCCC3)C2=O)c(OC)cc1C. The summed E-state index contributed by atoms with van der Waals surface area (Å²) >= 11 is 0. The Labute approximate surface area is 292 Å². The Morgan fingerprint density at radius 2 is 1.43 bits per heavy atom. The van der Waals surface area contributed by atoms with Gasteiger partial charge in [0.25, 0.3) is 11.8 Å². The molecule has 11 nitrogen and oxygen atoms in total. The summed E-state index contributed by atoms with van der Waals surface area (Å²) in [5.74, 6) is -1.46. The van der Waals surface area contributed by atoms with Crippen LogP contribution in [-0.2, 0) is 19.1 Å². The van der Waals surface area contributed by atoms with E-state index in [9.17, 15) is 24.0 Å². The van der Waals surface area contributed by atoms with E-state index in [0.717, 1.165) is 56.3 Å². The molecule has 1 aliphatic heterocycles. The molecule has 1 aromatic rings. The smallest absolute Gasteiger partial charge is 0.411 e. The Balaban J connectivity index is 1.42. The third-order valence-electron chi connectivity index (χ3n) is 10.7. The monoisotopic (exact) mass is 682 g/mol. The molecule has 0 aromatic heterocycles. The lowest BCUT2D eigenvalue weighted by Crippen LogP contribution is -2.57. The van der Waals surface area contributed by atoms with E-state index in [-0.39, 0.29) is 5.69 Å². The number of rotatable bonds is 18. The summed E-state index contributed by atoms with van der Waals surface area (Å²) in [6.07, 6.45) is 17.5. The summed E-state index contributed by atoms with van der Waals surface area (Å²) in [6.45, 7) is 6.14. The van der Waals surface area contributed by atoms with E-state index < -0.39 is 46.7 Å². The summed E-state index contributed by atoms with van der Waals surface area (Å²) in [4.78, 5) is 69.2. The van der Waals surface area contributed by atoms with Crippen LogP contribution < -0.4 is 20.7 Å². The summed E-state index contributed by atoms with van der Waals surface area (Å²) in [5, 5.41) is 8.36. The van der Waals surface area contributed by atoms with Crippen LogP contribution in [0.1, 0.15) is 141 Å². The highest BCUT2D eigenvalue weighted by molar-refractivity contribution is 6.20. The van der Waals surface area contributed by atoms with Gasteiger partial charge in [0.2, 0.25) is 0 Å². The molecule has 0 bridgehead atoms. The van der Waals surface area contributed by atoms with Crippen molar-refractivity contribution in [1.29, 1.82) is 0 Å². The molecule has 2 aliphatic carbocycles. The van der Waals surface area contributed by atoms with Gasteiger partial charge in [0.1, 0.15) is 11.3 Å². The molecule has 1 atom stereocenters. The van der Waals surface area contributed by atoms with Gasteiger partial charge in [0.15, 0.2) is 11.8 Å². The van der Waals surface area contributed by atoms with Gasteiger partial charge in [-0.15, -0.1) is 0 Å². The van der Waals surface area contributed by atoms with E-state index in [4.69, 9.17) is 9.47 Å². The van der Waals surface area contributed by atoms with E-state index in [1.807, 2.05) is 6.92 Å². The molecule has 1 heterocycles. The number of benzene rings is 1. The molecule has 49 heavy (non-hydrogen) atoms. The highest BCUT2D eigenvalue weighted by atomic mass is 16.5. The standard InChI is InChI=1S/C38H58N4O7/c1-5-6-7-8-9-10-11-12-13-19-24-49-36(47)40-28-26-29(30(48-4)25-27(28)2)39-33(44)31(32(43)37(3)20-15-14-16-21-37)42-34(45)38(41-35(42)46)22-17-18-23-38/h25-26,31H,5-24H2,1-4H3,(H,39,44)(H,40,47)(H,41,46). The van der Waals surface area contributed by atoms with Crippen LogP contribution in [0.5, 0.6) is 5.75 Å². The number of Topliss-reactive ketones (excluding diaryl/α,β-unsaturated/α-hetero) is 1. The van der Waals surface area contributed by atoms with Crippen LogP contribution in [0.15, 0.2) is 12.1 Å². The van der Waals surface area contributed by atoms with Gasteiger partial charge in [-0.2, -0.15) is 0 Å². The number of nitrogens with zero attached hydrogens (tertiary/aromatic N) is 1. The number of hydrogen-bond donors (Lipinski definition) is 3. The second-order valence-electron chi connectivity index (χ2n) is 14.6. The first-order chi connectivity index (χ1) is 23.5. The fourth-order valence-electron chi connectivity index (χ4n) is 7.64. The maximum atomic E-state index is 14.3. The van der Waals surface area contributed by atoms with Crippen molar-refractivity contribution in [3.05, 3.63) is 17.7 Å². The molecule has 3 aliphatic rings. The zero-order valence-corrected chi connectivity index (χ0v) is 30.2. The number of ether oxygens (including phenoxy) is 2. The first-order valence-corrected chi connectivity index (χ1v) is 18.7. The molecule has 1 saturated heterocycles. The second kappa shape index (κ2) is 17.9. The van der Waals surface area contributed by atoms with Crippen molar-refractivity contribution in [2.24, 2.45) is 5.41 Å². The van der Waals surface area contributed by atoms with Gasteiger partial charge in [0.05, 0.1) is 19.4 Å². The molecule has 1 unspecified atom stereocenters. The van der Waals surface area contributed by atoms with Gasteiger partial charge in [-0.25, -0.2) is 14.5 Å². The average Bonchev–Trinajstić information content (AvgIpc) is 3.65. The van der Waals surface area contributed by atoms with Crippen LogP contribution >= 0.6 is 0 Å². The van der Waals surface area contributed by atoms with Crippen LogP contribution in [0.4, 0.5) is 21.0 Å². The summed E-state index contributed by atoms with van der Waals surface area (Å²) in [5.41, 5.74) is -0.668. The molecule has 0 radical (unpaired) electrons. The molecule has 11 heteroatoms. The molecule has 3 N–H and O–H groups in total. The Kier molecular flexibility index (Phi) is 13.9. The second-order valence-corrected chi connectivity index (χ2v) is 14.6. The topological polar surface area (TPSA) is 143 Å². The lowest BCUT2D eigenvalue weighted by molar-refractivity contribution is -0.146. The van der Waals surface area contributed by atoms with Crippen molar-refractivity contribution in [2.75, 3.05) is 24.4 Å². The number of imide groups is 1. The van der Waals surface area contributed by atoms with Crippen molar-refractivity contribution in [3.63, 3.8) is 0 Å². The Bertz CT molecular complexity index is 1330. The van der Waals surface area contributed by atoms with E-state index in [2.05, 4.69) is 22.9 Å². The molecule has 5 amide bonds. The van der Waals surface area contributed by atoms with Crippen LogP contribution in [0.2, 0.25) is 0 Å². The highest BCUT2D eigenvalue weighted by Gasteiger charge is 2.58. The maximum absolute atomic E-state index is 14.3. The largest absolute Gasteiger partial charge is 0.495 e. The molecule has 2 saturated carbocycles. The number of carbonyl (C=O) groups is 5. The number of carbonyl (C=O) groups excluding carboxylic acids is 5. The van der Waals surface area contributed by atoms with Gasteiger partial charge in [-0.05, 0) is 56.7 Å². The van der Waals surface area contributed by atoms with Crippen LogP contribution in [0.25, 0.3) is 0 Å². The minimum Gasteiger partial charge on any atom is -0.495 e. The first-order valence-electron chi connectivity index (χ1n) is 18.7. The van der Waals surface area contributed by atoms with Crippen LogP contribution in [0.3, 0.4) is 0 Å². The summed E-state index contributed by atoms with van der Waals surface area (Å²) < 4.78 is 11.0. The van der Waals surface area contributed by atoms with Crippen molar-refractivity contribution in [1.82, 2.24) is 10.2 Å². The molecular weight excluding hydrogens is 624 g/mol. The van der Waals surface area contributed by atoms with Crippen molar-refractivity contribution >= 4 is 41.1 Å². The number of aryl methyl sites for hydroxylation is 1. The van der Waals surface area contributed by atoms with Crippen molar-refractivity contribution < 1.29 is 33.4 Å². The lowest BCUT2D eigenvalue weighted by atomic mass is 9.70. The quantitative estimate of drug-likeness (QED) is 0.0805. The zero-order valence-electron chi connectivity index (χ0n) is 30.2. The Morgan fingerprint density at radius 3 is 2.04 bits per heavy atom. The molecule has 3 fully saturated rings. The van der Waals surface area contributed by atoms with Gasteiger partial charge >= 0.3 is 12.1 Å². The number of urea groups is 1. The Morgan fingerprint density at radius 1 is 0.837 bits per heavy atom. The van der Waals surface area contributed by atoms with Crippen molar-refractivity contribution in [2.45, 2.75) is 154 Å². The average molecular weight is 683 g/mol. The van der Waals surface area contributed by atoms with E-state index in [0.29, 0.717) is 49.3 Å². The van der Waals surface area contributed by atoms with Gasteiger partial charge in [-0.3, -0.25) is 19.7 Å². The number of unbranched alkanes of at least 4 members (excludes halogenated alkanes) is 9. The first kappa shape index (κ1) is 38.2. The van der Waals surface area contributed by atoms with E-state index in [1.54, 1.807) is 19.1 Å². The van der Waals surface area contributed by atoms with Gasteiger partial charge in [0, 0.05) is 11.1 Å². The number of methoxy groups -OCH3 is 1. The predicted octanol–water partition coefficient (Wildman–Crippen LogP) is 8.18. The minimum absolute atomic E-state index is 0.192. The number of hydrogen-bond acceptors (Lipinski definition) is 7. The van der Waals surface area contributed by atoms with Gasteiger partial charge < -0.3 is 20.1 Å². The summed E-state index contributed by atoms with van der Waals surface area (Å²) in [7, 11) is 1.45. The number of amides is 5. The molecule has 4 rings (SSSR count). The lowest BCUT2D eigenvalue weighted by Gasteiger charge is -2.36. The van der Waals surface area contributed by atoms with E-state index in [1.165, 1.54) is 52.1 Å². The maximum Gasteiger partial charge on any atom is 0.411 e. The normalized spacial score (nSPS) is 18.7. The molecular formula is C38H58N4O7. The number of ketones is 1. The number of nitrogens with one attached hydrogen (secondary N) is 3. The highest BCUT2D eigenvalue weighted by Crippen LogP contribution is 2.41. The fraction of sp³-hybridized carbons (Fsp3) is 0.711. The third kappa shape index (κ3) is 9.54. The molecule has 1 aromatic carbocycles. The fourth-order valence-corrected chi connectivity index (χ4v) is 7.64. The van der Waals surface area contributed by atoms with Crippen molar-refractivity contribution in [3.8, 4) is 5.75 Å². The molecule has 1 spiro atoms. The third-order valence-corrected chi connectivity index (χ3v) is 10.7. The minimum atomic E-state index is -1.65. The Hall–Kier alpha value is -3.63. The van der Waals surface area contributed by atoms with Gasteiger partial charge in [-0.1, -0.05) is 104 Å². The summed E-state index contributed by atoms with van der Waals surface area (Å²) in [6, 6.07) is 0.836. The predicted molar refractivity (Wildman–Crippen MR) is 190 cm³/mol.